The Bertz CT molecular complexity index is 748. The largest absolute Gasteiger partial charge is 0.325 e. The number of carbonyl (C=O) groups excluding carboxylic acids is 2. The molecule has 2 rings (SSSR count). The van der Waals surface area contributed by atoms with Crippen LogP contribution in [0.3, 0.4) is 0 Å². The van der Waals surface area contributed by atoms with Crippen molar-refractivity contribution < 1.29 is 18.4 Å². The molecular weight excluding hydrogens is 326 g/mol. The van der Waals surface area contributed by atoms with Gasteiger partial charge in [-0.3, -0.25) is 9.59 Å². The molecule has 0 heterocycles. The Labute approximate surface area is 145 Å². The van der Waals surface area contributed by atoms with Gasteiger partial charge in [0.05, 0.1) is 0 Å². The lowest BCUT2D eigenvalue weighted by atomic mass is 10.0. The maximum Gasteiger partial charge on any atom is 0.233 e. The molecule has 0 spiro atoms. The maximum atomic E-state index is 13.5. The number of benzene rings is 2. The highest BCUT2D eigenvalue weighted by atomic mass is 19.1. The molecule has 0 aliphatic carbocycles. The van der Waals surface area contributed by atoms with Gasteiger partial charge in [0, 0.05) is 5.69 Å². The summed E-state index contributed by atoms with van der Waals surface area (Å²) in [4.78, 5) is 24.1. The van der Waals surface area contributed by atoms with Crippen molar-refractivity contribution >= 4 is 23.2 Å². The summed E-state index contributed by atoms with van der Waals surface area (Å²) in [5, 5.41) is 4.84. The molecule has 0 fully saturated rings. The van der Waals surface area contributed by atoms with Crippen LogP contribution in [-0.4, -0.2) is 11.8 Å². The number of rotatable bonds is 6. The van der Waals surface area contributed by atoms with Crippen LogP contribution in [0.5, 0.6) is 0 Å². The van der Waals surface area contributed by atoms with E-state index in [1.807, 2.05) is 32.0 Å². The molecule has 0 atom stereocenters. The summed E-state index contributed by atoms with van der Waals surface area (Å²) >= 11 is 0. The lowest BCUT2D eigenvalue weighted by Crippen LogP contribution is -2.23. The summed E-state index contributed by atoms with van der Waals surface area (Å²) in [5.41, 5.74) is 2.08. The van der Waals surface area contributed by atoms with Crippen LogP contribution < -0.4 is 10.6 Å². The second kappa shape index (κ2) is 8.37. The molecule has 0 bridgehead atoms. The van der Waals surface area contributed by atoms with E-state index in [1.54, 1.807) is 0 Å². The summed E-state index contributed by atoms with van der Waals surface area (Å²) in [5.74, 6) is -3.10. The predicted molar refractivity (Wildman–Crippen MR) is 93.4 cm³/mol. The van der Waals surface area contributed by atoms with Gasteiger partial charge in [-0.15, -0.1) is 0 Å². The van der Waals surface area contributed by atoms with Gasteiger partial charge in [0.25, 0.3) is 0 Å². The number of nitrogens with one attached hydrogen (secondary N) is 2. The van der Waals surface area contributed by atoms with Gasteiger partial charge in [0.2, 0.25) is 11.8 Å². The van der Waals surface area contributed by atoms with Crippen LogP contribution in [0.2, 0.25) is 0 Å². The summed E-state index contributed by atoms with van der Waals surface area (Å²) < 4.78 is 27.1. The molecule has 0 aromatic heterocycles. The van der Waals surface area contributed by atoms with Crippen molar-refractivity contribution in [2.75, 3.05) is 10.6 Å². The number of halogens is 2. The molecular formula is C19H20F2N2O2. The van der Waals surface area contributed by atoms with Gasteiger partial charge < -0.3 is 10.6 Å². The van der Waals surface area contributed by atoms with E-state index in [0.717, 1.165) is 36.1 Å². The van der Waals surface area contributed by atoms with Crippen molar-refractivity contribution in [2.24, 2.45) is 0 Å². The van der Waals surface area contributed by atoms with E-state index in [-0.39, 0.29) is 0 Å². The zero-order chi connectivity index (χ0) is 18.4. The van der Waals surface area contributed by atoms with Gasteiger partial charge in [-0.25, -0.2) is 8.78 Å². The van der Waals surface area contributed by atoms with Crippen LogP contribution in [0.1, 0.15) is 31.4 Å². The normalized spacial score (nSPS) is 10.4. The van der Waals surface area contributed by atoms with Crippen molar-refractivity contribution in [3.05, 3.63) is 59.2 Å². The fraction of sp³-hybridized carbons (Fsp3) is 0.263. The highest BCUT2D eigenvalue weighted by Crippen LogP contribution is 2.23. The highest BCUT2D eigenvalue weighted by molar-refractivity contribution is 6.08. The standard InChI is InChI=1S/C19H20F2N2O2/c1-3-12-7-5-8-13(4-2)18(12)22-16(24)11-17(25)23-19-14(20)9-6-10-15(19)21/h5-10H,3-4,11H2,1-2H3,(H,22,24)(H,23,25). The Hall–Kier alpha value is -2.76. The van der Waals surface area contributed by atoms with E-state index in [1.165, 1.54) is 6.07 Å². The van der Waals surface area contributed by atoms with Crippen molar-refractivity contribution in [1.29, 1.82) is 0 Å². The minimum absolute atomic E-state index is 0.533. The Balaban J connectivity index is 2.07. The average Bonchev–Trinajstić information content (AvgIpc) is 2.58. The second-order valence-corrected chi connectivity index (χ2v) is 5.53. The summed E-state index contributed by atoms with van der Waals surface area (Å²) in [6.07, 6.45) is 0.932. The third kappa shape index (κ3) is 4.62. The van der Waals surface area contributed by atoms with E-state index in [2.05, 4.69) is 10.6 Å². The van der Waals surface area contributed by atoms with Gasteiger partial charge in [-0.05, 0) is 36.1 Å². The van der Waals surface area contributed by atoms with Crippen LogP contribution in [-0.2, 0) is 22.4 Å². The van der Waals surface area contributed by atoms with Crippen LogP contribution in [0.4, 0.5) is 20.2 Å². The topological polar surface area (TPSA) is 58.2 Å². The first kappa shape index (κ1) is 18.6. The van der Waals surface area contributed by atoms with E-state index in [4.69, 9.17) is 0 Å². The maximum absolute atomic E-state index is 13.5. The molecule has 2 amide bonds. The summed E-state index contributed by atoms with van der Waals surface area (Å²) in [7, 11) is 0. The molecule has 4 nitrogen and oxygen atoms in total. The Kier molecular flexibility index (Phi) is 6.22. The van der Waals surface area contributed by atoms with Crippen molar-refractivity contribution in [1.82, 2.24) is 0 Å². The number of amides is 2. The first-order chi connectivity index (χ1) is 12.0. The second-order valence-electron chi connectivity index (χ2n) is 5.53. The quantitative estimate of drug-likeness (QED) is 0.775. The predicted octanol–water partition coefficient (Wildman–Crippen LogP) is 4.06. The van der Waals surface area contributed by atoms with Gasteiger partial charge in [-0.1, -0.05) is 38.1 Å². The molecule has 2 aromatic carbocycles. The molecule has 132 valence electrons. The lowest BCUT2D eigenvalue weighted by molar-refractivity contribution is -0.123. The fourth-order valence-corrected chi connectivity index (χ4v) is 2.53. The van der Waals surface area contributed by atoms with Crippen LogP contribution in [0.25, 0.3) is 0 Å². The van der Waals surface area contributed by atoms with Crippen LogP contribution in [0.15, 0.2) is 36.4 Å². The number of hydrogen-bond donors (Lipinski definition) is 2. The van der Waals surface area contributed by atoms with E-state index in [9.17, 15) is 18.4 Å². The third-order valence-corrected chi connectivity index (χ3v) is 3.81. The molecule has 0 saturated heterocycles. The molecule has 0 aliphatic rings. The number of para-hydroxylation sites is 2. The minimum atomic E-state index is -0.890. The Morgan fingerprint density at radius 3 is 1.72 bits per heavy atom. The van der Waals surface area contributed by atoms with E-state index < -0.39 is 35.6 Å². The molecule has 0 saturated carbocycles. The fourth-order valence-electron chi connectivity index (χ4n) is 2.53. The first-order valence-electron chi connectivity index (χ1n) is 8.10. The summed E-state index contributed by atoms with van der Waals surface area (Å²) in [6, 6.07) is 8.99. The Morgan fingerprint density at radius 2 is 1.24 bits per heavy atom. The smallest absolute Gasteiger partial charge is 0.233 e. The molecule has 0 aliphatic heterocycles. The van der Waals surface area contributed by atoms with Crippen LogP contribution >= 0.6 is 0 Å². The number of aryl methyl sites for hydroxylation is 2. The molecule has 2 aromatic rings. The monoisotopic (exact) mass is 346 g/mol. The van der Waals surface area contributed by atoms with E-state index >= 15 is 0 Å². The van der Waals surface area contributed by atoms with Crippen molar-refractivity contribution in [3.63, 3.8) is 0 Å². The zero-order valence-electron chi connectivity index (χ0n) is 14.2. The lowest BCUT2D eigenvalue weighted by Gasteiger charge is -2.14. The molecule has 25 heavy (non-hydrogen) atoms. The molecule has 2 N–H and O–H groups in total. The van der Waals surface area contributed by atoms with Gasteiger partial charge in [-0.2, -0.15) is 0 Å². The first-order valence-corrected chi connectivity index (χ1v) is 8.10. The third-order valence-electron chi connectivity index (χ3n) is 3.81. The SMILES string of the molecule is CCc1cccc(CC)c1NC(=O)CC(=O)Nc1c(F)cccc1F. The van der Waals surface area contributed by atoms with E-state index in [0.29, 0.717) is 5.69 Å². The number of hydrogen-bond acceptors (Lipinski definition) is 2. The van der Waals surface area contributed by atoms with Gasteiger partial charge in [0.15, 0.2) is 0 Å². The highest BCUT2D eigenvalue weighted by Gasteiger charge is 2.16. The molecule has 6 heteroatoms. The average molecular weight is 346 g/mol. The molecule has 0 unspecified atom stereocenters. The van der Waals surface area contributed by atoms with Gasteiger partial charge in [0.1, 0.15) is 23.7 Å². The Morgan fingerprint density at radius 1 is 0.800 bits per heavy atom. The summed E-state index contributed by atoms with van der Waals surface area (Å²) in [6.45, 7) is 3.94. The zero-order valence-corrected chi connectivity index (χ0v) is 14.2. The number of carbonyl (C=O) groups is 2. The number of anilines is 2. The van der Waals surface area contributed by atoms with Crippen LogP contribution in [0, 0.1) is 11.6 Å². The van der Waals surface area contributed by atoms with Crippen molar-refractivity contribution in [3.8, 4) is 0 Å². The minimum Gasteiger partial charge on any atom is -0.325 e. The molecule has 0 radical (unpaired) electrons. The van der Waals surface area contributed by atoms with Crippen molar-refractivity contribution in [2.45, 2.75) is 33.1 Å². The van der Waals surface area contributed by atoms with Gasteiger partial charge >= 0.3 is 0 Å².